The van der Waals surface area contributed by atoms with Crippen LogP contribution in [0.4, 0.5) is 5.69 Å². The first-order chi connectivity index (χ1) is 9.88. The Morgan fingerprint density at radius 2 is 1.71 bits per heavy atom. The highest BCUT2D eigenvalue weighted by Crippen LogP contribution is 2.11. The highest BCUT2D eigenvalue weighted by molar-refractivity contribution is 5.93. The molecule has 1 aromatic carbocycles. The fraction of sp³-hybridized carbons (Fsp3) is 0.500. The zero-order valence-electron chi connectivity index (χ0n) is 13.1. The molecule has 5 heteroatoms. The number of hydrogen-bond donors (Lipinski definition) is 2. The van der Waals surface area contributed by atoms with Crippen LogP contribution in [0.1, 0.15) is 44.5 Å². The molecule has 0 fully saturated rings. The molecule has 0 spiro atoms. The summed E-state index contributed by atoms with van der Waals surface area (Å²) in [6.07, 6.45) is 0.264. The molecule has 0 unspecified atom stereocenters. The maximum absolute atomic E-state index is 11.7. The third-order valence-corrected chi connectivity index (χ3v) is 2.65. The Hall–Kier alpha value is -1.88. The van der Waals surface area contributed by atoms with Gasteiger partial charge in [0.1, 0.15) is 0 Å². The van der Waals surface area contributed by atoms with Gasteiger partial charge in [-0.3, -0.25) is 4.79 Å². The number of amides is 1. The maximum atomic E-state index is 11.7. The summed E-state index contributed by atoms with van der Waals surface area (Å²) in [5, 5.41) is 5.97. The van der Waals surface area contributed by atoms with Gasteiger partial charge in [0.25, 0.3) is 0 Å². The molecule has 0 atom stereocenters. The lowest BCUT2D eigenvalue weighted by atomic mass is 10.2. The van der Waals surface area contributed by atoms with Crippen molar-refractivity contribution in [1.29, 1.82) is 0 Å². The Morgan fingerprint density at radius 1 is 1.10 bits per heavy atom. The van der Waals surface area contributed by atoms with Gasteiger partial charge < -0.3 is 15.4 Å². The first-order valence-electron chi connectivity index (χ1n) is 7.22. The van der Waals surface area contributed by atoms with Crippen LogP contribution in [0.2, 0.25) is 0 Å². The van der Waals surface area contributed by atoms with Crippen LogP contribution in [0.25, 0.3) is 0 Å². The predicted octanol–water partition coefficient (Wildman–Crippen LogP) is 2.58. The van der Waals surface area contributed by atoms with E-state index in [-0.39, 0.29) is 18.0 Å². The minimum atomic E-state index is -0.357. The zero-order chi connectivity index (χ0) is 15.8. The smallest absolute Gasteiger partial charge is 0.338 e. The van der Waals surface area contributed by atoms with E-state index in [4.69, 9.17) is 4.74 Å². The highest BCUT2D eigenvalue weighted by atomic mass is 16.5. The zero-order valence-corrected chi connectivity index (χ0v) is 13.1. The minimum absolute atomic E-state index is 0.0549. The Kier molecular flexibility index (Phi) is 6.88. The third-order valence-electron chi connectivity index (χ3n) is 2.65. The van der Waals surface area contributed by atoms with Gasteiger partial charge in [-0.1, -0.05) is 13.8 Å². The second-order valence-corrected chi connectivity index (χ2v) is 5.44. The molecule has 0 aliphatic carbocycles. The second kappa shape index (κ2) is 8.42. The largest absolute Gasteiger partial charge is 0.459 e. The summed E-state index contributed by atoms with van der Waals surface area (Å²) in [5.74, 6) is -0.412. The van der Waals surface area contributed by atoms with Crippen molar-refractivity contribution >= 4 is 17.6 Å². The molecule has 0 aliphatic heterocycles. The number of nitrogens with one attached hydrogen (secondary N) is 2. The average Bonchev–Trinajstić information content (AvgIpc) is 2.38. The number of carbonyl (C=O) groups is 2. The van der Waals surface area contributed by atoms with E-state index >= 15 is 0 Å². The average molecular weight is 292 g/mol. The molecule has 5 nitrogen and oxygen atoms in total. The molecule has 0 aromatic heterocycles. The summed E-state index contributed by atoms with van der Waals surface area (Å²) in [6.45, 7) is 8.32. The molecular weight excluding hydrogens is 268 g/mol. The predicted molar refractivity (Wildman–Crippen MR) is 83.4 cm³/mol. The lowest BCUT2D eigenvalue weighted by Gasteiger charge is -2.10. The summed E-state index contributed by atoms with van der Waals surface area (Å²) >= 11 is 0. The van der Waals surface area contributed by atoms with Gasteiger partial charge in [0, 0.05) is 24.7 Å². The van der Waals surface area contributed by atoms with Crippen molar-refractivity contribution in [3.8, 4) is 0 Å². The van der Waals surface area contributed by atoms with Gasteiger partial charge in [-0.05, 0) is 38.1 Å². The van der Waals surface area contributed by atoms with E-state index in [9.17, 15) is 9.59 Å². The number of anilines is 1. The standard InChI is InChI=1S/C16H24N2O3/c1-11(2)17-10-9-15(19)18-14-7-5-13(6-8-14)16(20)21-12(3)4/h5-8,11-12,17H,9-10H2,1-4H3,(H,18,19). The summed E-state index contributed by atoms with van der Waals surface area (Å²) in [4.78, 5) is 23.4. The summed E-state index contributed by atoms with van der Waals surface area (Å²) in [5.41, 5.74) is 1.15. The molecular formula is C16H24N2O3. The molecule has 0 aliphatic rings. The molecule has 0 bridgehead atoms. The quantitative estimate of drug-likeness (QED) is 0.758. The van der Waals surface area contributed by atoms with Crippen LogP contribution in [-0.4, -0.2) is 30.6 Å². The Balaban J connectivity index is 2.47. The van der Waals surface area contributed by atoms with Crippen LogP contribution in [-0.2, 0) is 9.53 Å². The third kappa shape index (κ3) is 6.90. The van der Waals surface area contributed by atoms with Gasteiger partial charge in [0.05, 0.1) is 11.7 Å². The van der Waals surface area contributed by atoms with E-state index in [1.807, 2.05) is 13.8 Å². The van der Waals surface area contributed by atoms with E-state index in [0.29, 0.717) is 30.3 Å². The molecule has 1 aromatic rings. The van der Waals surface area contributed by atoms with Crippen molar-refractivity contribution in [1.82, 2.24) is 5.32 Å². The minimum Gasteiger partial charge on any atom is -0.459 e. The van der Waals surface area contributed by atoms with Crippen molar-refractivity contribution in [3.05, 3.63) is 29.8 Å². The van der Waals surface area contributed by atoms with Gasteiger partial charge in [-0.15, -0.1) is 0 Å². The monoisotopic (exact) mass is 292 g/mol. The van der Waals surface area contributed by atoms with E-state index in [0.717, 1.165) is 0 Å². The number of benzene rings is 1. The van der Waals surface area contributed by atoms with E-state index in [1.165, 1.54) is 0 Å². The molecule has 21 heavy (non-hydrogen) atoms. The fourth-order valence-corrected chi connectivity index (χ4v) is 1.67. The maximum Gasteiger partial charge on any atom is 0.338 e. The van der Waals surface area contributed by atoms with Gasteiger partial charge in [-0.25, -0.2) is 4.79 Å². The topological polar surface area (TPSA) is 67.4 Å². The van der Waals surface area contributed by atoms with Crippen LogP contribution in [0.15, 0.2) is 24.3 Å². The van der Waals surface area contributed by atoms with Crippen molar-refractivity contribution in [2.24, 2.45) is 0 Å². The van der Waals surface area contributed by atoms with Crippen LogP contribution in [0.5, 0.6) is 0 Å². The van der Waals surface area contributed by atoms with Crippen LogP contribution < -0.4 is 10.6 Å². The Bertz CT molecular complexity index is 467. The van der Waals surface area contributed by atoms with Crippen LogP contribution >= 0.6 is 0 Å². The molecule has 1 amide bonds. The van der Waals surface area contributed by atoms with Crippen LogP contribution in [0, 0.1) is 0 Å². The fourth-order valence-electron chi connectivity index (χ4n) is 1.67. The van der Waals surface area contributed by atoms with E-state index in [1.54, 1.807) is 38.1 Å². The molecule has 0 saturated carbocycles. The number of rotatable bonds is 7. The molecule has 0 saturated heterocycles. The molecule has 1 rings (SSSR count). The Morgan fingerprint density at radius 3 is 2.24 bits per heavy atom. The second-order valence-electron chi connectivity index (χ2n) is 5.44. The molecule has 0 radical (unpaired) electrons. The first-order valence-corrected chi connectivity index (χ1v) is 7.22. The molecule has 0 heterocycles. The number of esters is 1. The van der Waals surface area contributed by atoms with Crippen molar-refractivity contribution in [3.63, 3.8) is 0 Å². The SMILES string of the molecule is CC(C)NCCC(=O)Nc1ccc(C(=O)OC(C)C)cc1. The Labute approximate surface area is 126 Å². The van der Waals surface area contributed by atoms with Crippen molar-refractivity contribution in [2.75, 3.05) is 11.9 Å². The van der Waals surface area contributed by atoms with Gasteiger partial charge in [-0.2, -0.15) is 0 Å². The van der Waals surface area contributed by atoms with E-state index < -0.39 is 0 Å². The molecule has 116 valence electrons. The lowest BCUT2D eigenvalue weighted by molar-refractivity contribution is -0.116. The summed E-state index contributed by atoms with van der Waals surface area (Å²) in [7, 11) is 0. The summed E-state index contributed by atoms with van der Waals surface area (Å²) in [6, 6.07) is 7.05. The van der Waals surface area contributed by atoms with E-state index in [2.05, 4.69) is 10.6 Å². The van der Waals surface area contributed by atoms with Crippen molar-refractivity contribution in [2.45, 2.75) is 46.3 Å². The number of ether oxygens (including phenoxy) is 1. The van der Waals surface area contributed by atoms with Gasteiger partial charge in [0.15, 0.2) is 0 Å². The highest BCUT2D eigenvalue weighted by Gasteiger charge is 2.09. The van der Waals surface area contributed by atoms with Gasteiger partial charge in [0.2, 0.25) is 5.91 Å². The summed E-state index contributed by atoms with van der Waals surface area (Å²) < 4.78 is 5.10. The normalized spacial score (nSPS) is 10.8. The lowest BCUT2D eigenvalue weighted by Crippen LogP contribution is -2.27. The van der Waals surface area contributed by atoms with Crippen molar-refractivity contribution < 1.29 is 14.3 Å². The number of hydrogen-bond acceptors (Lipinski definition) is 4. The van der Waals surface area contributed by atoms with Crippen LogP contribution in [0.3, 0.4) is 0 Å². The molecule has 2 N–H and O–H groups in total. The first kappa shape index (κ1) is 17.2. The van der Waals surface area contributed by atoms with Gasteiger partial charge >= 0.3 is 5.97 Å². The number of carbonyl (C=O) groups excluding carboxylic acids is 2.